The summed E-state index contributed by atoms with van der Waals surface area (Å²) in [4.78, 5) is 72.9. The van der Waals surface area contributed by atoms with Gasteiger partial charge in [0.25, 0.3) is 0 Å². The second-order valence-corrected chi connectivity index (χ2v) is 32.4. The normalized spacial score (nSPS) is 13.8. The van der Waals surface area contributed by atoms with E-state index in [-0.39, 0.29) is 25.7 Å². The molecule has 0 bridgehead atoms. The second kappa shape index (κ2) is 76.3. The molecule has 0 heterocycles. The first-order chi connectivity index (χ1) is 49.2. The highest BCUT2D eigenvalue weighted by molar-refractivity contribution is 7.47. The molecule has 2 unspecified atom stereocenters. The molecule has 17 nitrogen and oxygen atoms in total. The zero-order chi connectivity index (χ0) is 73.9. The Morgan fingerprint density at radius 1 is 0.238 bits per heavy atom. The largest absolute Gasteiger partial charge is 0.472 e. The molecule has 0 spiro atoms. The van der Waals surface area contributed by atoms with E-state index in [1.54, 1.807) is 0 Å². The number of unbranched alkanes of at least 4 members (excludes halogenated alkanes) is 57. The summed E-state index contributed by atoms with van der Waals surface area (Å²) in [6, 6.07) is 0. The van der Waals surface area contributed by atoms with Crippen molar-refractivity contribution < 1.29 is 80.2 Å². The van der Waals surface area contributed by atoms with Gasteiger partial charge in [-0.15, -0.1) is 0 Å². The zero-order valence-electron chi connectivity index (χ0n) is 65.9. The Balaban J connectivity index is 5.15. The topological polar surface area (TPSA) is 237 Å². The third kappa shape index (κ3) is 76.1. The summed E-state index contributed by atoms with van der Waals surface area (Å²) < 4.78 is 68.6. The fourth-order valence-corrected chi connectivity index (χ4v) is 14.4. The number of phosphoric acid groups is 2. The number of carbonyl (C=O) groups excluding carboxylic acids is 4. The summed E-state index contributed by atoms with van der Waals surface area (Å²) in [5.41, 5.74) is 0. The van der Waals surface area contributed by atoms with Gasteiger partial charge in [0.15, 0.2) is 12.2 Å². The Morgan fingerprint density at radius 2 is 0.396 bits per heavy atom. The molecule has 0 aliphatic heterocycles. The van der Waals surface area contributed by atoms with Crippen molar-refractivity contribution in [3.8, 4) is 0 Å². The highest BCUT2D eigenvalue weighted by Gasteiger charge is 2.30. The zero-order valence-corrected chi connectivity index (χ0v) is 67.7. The van der Waals surface area contributed by atoms with Crippen LogP contribution in [0.2, 0.25) is 0 Å². The van der Waals surface area contributed by atoms with Crippen LogP contribution in [0, 0.1) is 0 Å². The lowest BCUT2D eigenvalue weighted by Gasteiger charge is -2.21. The van der Waals surface area contributed by atoms with E-state index in [0.717, 1.165) is 103 Å². The van der Waals surface area contributed by atoms with Crippen LogP contribution in [0.25, 0.3) is 0 Å². The fraction of sp³-hybridized carbons (Fsp3) is 0.951. The predicted molar refractivity (Wildman–Crippen MR) is 414 cm³/mol. The van der Waals surface area contributed by atoms with E-state index in [1.807, 2.05) is 0 Å². The third-order valence-electron chi connectivity index (χ3n) is 19.4. The molecular weight excluding hydrogens is 1320 g/mol. The van der Waals surface area contributed by atoms with Crippen LogP contribution in [-0.2, 0) is 65.4 Å². The van der Waals surface area contributed by atoms with Gasteiger partial charge in [-0.25, -0.2) is 9.13 Å². The average molecular weight is 1480 g/mol. The summed E-state index contributed by atoms with van der Waals surface area (Å²) in [6.45, 7) is 4.98. The second-order valence-electron chi connectivity index (χ2n) is 29.5. The maximum Gasteiger partial charge on any atom is 0.472 e. The number of rotatable bonds is 83. The minimum atomic E-state index is -4.96. The number of esters is 4. The van der Waals surface area contributed by atoms with Crippen LogP contribution < -0.4 is 0 Å². The number of aliphatic hydroxyl groups is 1. The summed E-state index contributed by atoms with van der Waals surface area (Å²) in [6.07, 6.45) is 69.7. The van der Waals surface area contributed by atoms with Crippen molar-refractivity contribution in [2.45, 2.75) is 463 Å². The quantitative estimate of drug-likeness (QED) is 0.0222. The number of hydrogen-bond donors (Lipinski definition) is 3. The maximum absolute atomic E-state index is 13.1. The van der Waals surface area contributed by atoms with Crippen LogP contribution in [0.5, 0.6) is 0 Å². The molecule has 0 aromatic heterocycles. The van der Waals surface area contributed by atoms with Gasteiger partial charge in [-0.05, 0) is 25.7 Å². The van der Waals surface area contributed by atoms with Gasteiger partial charge in [-0.1, -0.05) is 394 Å². The first-order valence-corrected chi connectivity index (χ1v) is 45.8. The van der Waals surface area contributed by atoms with E-state index in [2.05, 4.69) is 27.7 Å². The van der Waals surface area contributed by atoms with Crippen molar-refractivity contribution in [3.63, 3.8) is 0 Å². The van der Waals surface area contributed by atoms with E-state index in [0.29, 0.717) is 25.7 Å². The summed E-state index contributed by atoms with van der Waals surface area (Å²) in [5.74, 6) is -2.11. The first-order valence-electron chi connectivity index (χ1n) is 42.8. The Bertz CT molecular complexity index is 1910. The lowest BCUT2D eigenvalue weighted by Crippen LogP contribution is -2.30. The van der Waals surface area contributed by atoms with E-state index in [9.17, 15) is 43.2 Å². The molecule has 19 heteroatoms. The highest BCUT2D eigenvalue weighted by atomic mass is 31.2. The summed E-state index contributed by atoms with van der Waals surface area (Å²) >= 11 is 0. The van der Waals surface area contributed by atoms with Crippen molar-refractivity contribution in [2.24, 2.45) is 0 Å². The fourth-order valence-electron chi connectivity index (χ4n) is 12.8. The molecule has 101 heavy (non-hydrogen) atoms. The van der Waals surface area contributed by atoms with Crippen molar-refractivity contribution in [2.75, 3.05) is 39.6 Å². The van der Waals surface area contributed by atoms with Crippen molar-refractivity contribution in [1.29, 1.82) is 0 Å². The monoisotopic (exact) mass is 1480 g/mol. The van der Waals surface area contributed by atoms with Gasteiger partial charge in [0, 0.05) is 25.7 Å². The van der Waals surface area contributed by atoms with Crippen molar-refractivity contribution >= 4 is 39.5 Å². The van der Waals surface area contributed by atoms with Gasteiger partial charge in [0.05, 0.1) is 26.4 Å². The number of phosphoric ester groups is 2. The molecule has 5 atom stereocenters. The van der Waals surface area contributed by atoms with Crippen molar-refractivity contribution in [1.82, 2.24) is 0 Å². The molecule has 0 rings (SSSR count). The highest BCUT2D eigenvalue weighted by Crippen LogP contribution is 2.45. The number of hydrogen-bond acceptors (Lipinski definition) is 15. The number of aliphatic hydroxyl groups excluding tert-OH is 1. The summed E-state index contributed by atoms with van der Waals surface area (Å²) in [7, 11) is -9.91. The minimum absolute atomic E-state index is 0.108. The molecule has 0 aromatic carbocycles. The molecule has 0 aliphatic rings. The van der Waals surface area contributed by atoms with E-state index < -0.39 is 97.5 Å². The number of ether oxygens (including phenoxy) is 4. The Morgan fingerprint density at radius 3 is 0.584 bits per heavy atom. The Labute approximate surface area is 619 Å². The molecule has 0 fully saturated rings. The van der Waals surface area contributed by atoms with E-state index in [1.165, 1.54) is 263 Å². The number of carbonyl (C=O) groups is 4. The predicted octanol–water partition coefficient (Wildman–Crippen LogP) is 25.0. The molecule has 3 N–H and O–H groups in total. The van der Waals surface area contributed by atoms with Gasteiger partial charge in [-0.2, -0.15) is 0 Å². The molecule has 600 valence electrons. The molecule has 0 aliphatic carbocycles. The van der Waals surface area contributed by atoms with E-state index in [4.69, 9.17) is 37.0 Å². The van der Waals surface area contributed by atoms with Gasteiger partial charge < -0.3 is 33.8 Å². The van der Waals surface area contributed by atoms with Crippen LogP contribution in [0.15, 0.2) is 0 Å². The van der Waals surface area contributed by atoms with Gasteiger partial charge in [0.1, 0.15) is 19.3 Å². The lowest BCUT2D eigenvalue weighted by molar-refractivity contribution is -0.161. The molecular formula is C82H160O17P2. The Hall–Kier alpha value is -1.94. The first kappa shape index (κ1) is 99.1. The molecule has 0 aromatic rings. The van der Waals surface area contributed by atoms with Gasteiger partial charge in [-0.3, -0.25) is 37.3 Å². The lowest BCUT2D eigenvalue weighted by atomic mass is 10.0. The molecule has 0 saturated carbocycles. The van der Waals surface area contributed by atoms with Crippen LogP contribution in [-0.4, -0.2) is 96.7 Å². The van der Waals surface area contributed by atoms with Crippen LogP contribution in [0.3, 0.4) is 0 Å². The van der Waals surface area contributed by atoms with E-state index >= 15 is 0 Å². The molecule has 0 saturated heterocycles. The van der Waals surface area contributed by atoms with Crippen LogP contribution in [0.1, 0.15) is 445 Å². The standard InChI is InChI=1S/C82H160O17P2/c1-5-9-13-17-21-24-27-30-32-34-36-38-40-42-44-47-50-53-57-61-65-69-82(87)99-78(73-93-80(85)67-63-59-55-51-48-46-43-41-39-37-35-33-31-28-25-22-18-14-10-6-2)75-97-101(90,91)95-71-76(83)70-94-100(88,89)96-74-77(72-92-79(84)66-62-58-54-20-16-12-8-4)98-81(86)68-64-60-56-52-49-45-29-26-23-19-15-11-7-3/h76-78,83H,5-75H2,1-4H3,(H,88,89)(H,90,91)/t76-,77+,78+/m0/s1. The van der Waals surface area contributed by atoms with Crippen LogP contribution >= 0.6 is 15.6 Å². The minimum Gasteiger partial charge on any atom is -0.462 e. The molecule has 0 radical (unpaired) electrons. The SMILES string of the molecule is CCCCCCCCCCCCCCCCCCCCCCCC(=O)O[C@H](COC(=O)CCCCCCCCCCCCCCCCCCCCCC)COP(=O)(O)OC[C@@H](O)COP(=O)(O)OC[C@@H](COC(=O)CCCCCCCCC)OC(=O)CCCCCCCCCCCCCCC. The van der Waals surface area contributed by atoms with Gasteiger partial charge in [0.2, 0.25) is 0 Å². The van der Waals surface area contributed by atoms with Crippen LogP contribution in [0.4, 0.5) is 0 Å². The third-order valence-corrected chi connectivity index (χ3v) is 21.3. The van der Waals surface area contributed by atoms with Gasteiger partial charge >= 0.3 is 39.5 Å². The maximum atomic E-state index is 13.1. The van der Waals surface area contributed by atoms with Crippen molar-refractivity contribution in [3.05, 3.63) is 0 Å². The smallest absolute Gasteiger partial charge is 0.462 e. The average Bonchev–Trinajstić information content (AvgIpc) is 0.951. The molecule has 0 amide bonds. The summed E-state index contributed by atoms with van der Waals surface area (Å²) in [5, 5.41) is 10.6. The Kier molecular flexibility index (Phi) is 74.8.